The van der Waals surface area contributed by atoms with Gasteiger partial charge in [0.25, 0.3) is 0 Å². The lowest BCUT2D eigenvalue weighted by Crippen LogP contribution is -2.47. The van der Waals surface area contributed by atoms with Crippen molar-refractivity contribution in [3.8, 4) is 5.75 Å². The summed E-state index contributed by atoms with van der Waals surface area (Å²) in [6, 6.07) is 9.14. The molecule has 5 nitrogen and oxygen atoms in total. The fraction of sp³-hybridized carbons (Fsp3) is 0.619. The molecule has 0 atom stereocenters. The molecule has 0 spiro atoms. The summed E-state index contributed by atoms with van der Waals surface area (Å²) in [5.41, 5.74) is 0. The highest BCUT2D eigenvalue weighted by Crippen LogP contribution is 2.27. The summed E-state index contributed by atoms with van der Waals surface area (Å²) in [5, 5.41) is 2.91. The van der Waals surface area contributed by atoms with E-state index in [9.17, 15) is 9.59 Å². The maximum absolute atomic E-state index is 12.4. The molecule has 5 heteroatoms. The van der Waals surface area contributed by atoms with Crippen LogP contribution in [0, 0.1) is 5.92 Å². The van der Waals surface area contributed by atoms with Crippen LogP contribution in [-0.2, 0) is 4.79 Å². The highest BCUT2D eigenvalue weighted by Gasteiger charge is 2.25. The van der Waals surface area contributed by atoms with Crippen molar-refractivity contribution in [3.05, 3.63) is 30.3 Å². The van der Waals surface area contributed by atoms with Crippen LogP contribution in [0.5, 0.6) is 5.75 Å². The van der Waals surface area contributed by atoms with E-state index in [-0.39, 0.29) is 11.9 Å². The van der Waals surface area contributed by atoms with E-state index in [1.165, 1.54) is 32.1 Å². The zero-order valence-corrected chi connectivity index (χ0v) is 15.5. The minimum Gasteiger partial charge on any atom is -0.410 e. The Labute approximate surface area is 156 Å². The van der Waals surface area contributed by atoms with Gasteiger partial charge in [-0.05, 0) is 37.3 Å². The first kappa shape index (κ1) is 18.7. The van der Waals surface area contributed by atoms with Crippen LogP contribution in [0.25, 0.3) is 0 Å². The van der Waals surface area contributed by atoms with Gasteiger partial charge in [-0.25, -0.2) is 4.79 Å². The number of carbonyl (C=O) groups is 2. The summed E-state index contributed by atoms with van der Waals surface area (Å²) in [6.45, 7) is 1.44. The number of amides is 2. The SMILES string of the molecule is O=C(NC1CCN(C(=O)CCC2CCCCC2)CC1)Oc1ccccc1. The van der Waals surface area contributed by atoms with E-state index in [2.05, 4.69) is 5.32 Å². The Morgan fingerprint density at radius 2 is 1.69 bits per heavy atom. The second kappa shape index (κ2) is 9.60. The van der Waals surface area contributed by atoms with E-state index in [1.54, 1.807) is 12.1 Å². The van der Waals surface area contributed by atoms with E-state index >= 15 is 0 Å². The summed E-state index contributed by atoms with van der Waals surface area (Å²) in [4.78, 5) is 26.3. The standard InChI is InChI=1S/C21H30N2O3/c24-20(12-11-17-7-3-1-4-8-17)23-15-13-18(14-16-23)22-21(25)26-19-9-5-2-6-10-19/h2,5-6,9-10,17-18H,1,3-4,7-8,11-16H2,(H,22,25). The maximum Gasteiger partial charge on any atom is 0.412 e. The minimum atomic E-state index is -0.418. The molecule has 0 bridgehead atoms. The van der Waals surface area contributed by atoms with Gasteiger partial charge < -0.3 is 15.0 Å². The normalized spacial score (nSPS) is 19.2. The van der Waals surface area contributed by atoms with Crippen LogP contribution in [-0.4, -0.2) is 36.0 Å². The third kappa shape index (κ3) is 5.75. The summed E-state index contributed by atoms with van der Waals surface area (Å²) in [5.74, 6) is 1.57. The van der Waals surface area contributed by atoms with Crippen LogP contribution in [0.1, 0.15) is 57.8 Å². The van der Waals surface area contributed by atoms with Gasteiger partial charge in [0, 0.05) is 25.6 Å². The number of piperidine rings is 1. The van der Waals surface area contributed by atoms with Gasteiger partial charge in [0.15, 0.2) is 0 Å². The smallest absolute Gasteiger partial charge is 0.410 e. The van der Waals surface area contributed by atoms with Crippen LogP contribution < -0.4 is 10.1 Å². The number of para-hydroxylation sites is 1. The molecule has 1 heterocycles. The largest absolute Gasteiger partial charge is 0.412 e. The number of rotatable bonds is 5. The van der Waals surface area contributed by atoms with Crippen molar-refractivity contribution in [1.82, 2.24) is 10.2 Å². The quantitative estimate of drug-likeness (QED) is 0.861. The van der Waals surface area contributed by atoms with Gasteiger partial charge in [0.1, 0.15) is 5.75 Å². The molecule has 2 aliphatic rings. The molecule has 1 saturated carbocycles. The van der Waals surface area contributed by atoms with Crippen LogP contribution in [0.15, 0.2) is 30.3 Å². The van der Waals surface area contributed by atoms with E-state index in [0.717, 1.165) is 38.3 Å². The Balaban J connectivity index is 1.34. The average molecular weight is 358 g/mol. The topological polar surface area (TPSA) is 58.6 Å². The number of likely N-dealkylation sites (tertiary alicyclic amines) is 1. The highest BCUT2D eigenvalue weighted by molar-refractivity contribution is 5.76. The third-order valence-electron chi connectivity index (χ3n) is 5.61. The van der Waals surface area contributed by atoms with Gasteiger partial charge in [-0.1, -0.05) is 50.3 Å². The van der Waals surface area contributed by atoms with Gasteiger partial charge in [-0.15, -0.1) is 0 Å². The molecule has 2 amide bonds. The fourth-order valence-electron chi connectivity index (χ4n) is 4.03. The van der Waals surface area contributed by atoms with E-state index < -0.39 is 6.09 Å². The number of hydrogen-bond acceptors (Lipinski definition) is 3. The second-order valence-corrected chi connectivity index (χ2v) is 7.54. The molecule has 0 unspecified atom stereocenters. The fourth-order valence-corrected chi connectivity index (χ4v) is 4.03. The Bertz CT molecular complexity index is 576. The molecule has 26 heavy (non-hydrogen) atoms. The molecule has 1 N–H and O–H groups in total. The molecular formula is C21H30N2O3. The molecule has 1 aliphatic heterocycles. The lowest BCUT2D eigenvalue weighted by atomic mass is 9.86. The van der Waals surface area contributed by atoms with Crippen molar-refractivity contribution < 1.29 is 14.3 Å². The van der Waals surface area contributed by atoms with Gasteiger partial charge in [0.05, 0.1) is 0 Å². The second-order valence-electron chi connectivity index (χ2n) is 7.54. The minimum absolute atomic E-state index is 0.0774. The molecule has 3 rings (SSSR count). The average Bonchev–Trinajstić information content (AvgIpc) is 2.68. The number of ether oxygens (including phenoxy) is 1. The monoisotopic (exact) mass is 358 g/mol. The molecule has 142 valence electrons. The molecule has 0 radical (unpaired) electrons. The third-order valence-corrected chi connectivity index (χ3v) is 5.61. The van der Waals surface area contributed by atoms with Crippen LogP contribution in [0.2, 0.25) is 0 Å². The summed E-state index contributed by atoms with van der Waals surface area (Å²) < 4.78 is 5.27. The molecule has 1 aromatic carbocycles. The molecule has 0 aromatic heterocycles. The number of nitrogens with one attached hydrogen (secondary N) is 1. The number of hydrogen-bond donors (Lipinski definition) is 1. The lowest BCUT2D eigenvalue weighted by Gasteiger charge is -2.32. The van der Waals surface area contributed by atoms with Gasteiger partial charge >= 0.3 is 6.09 Å². The maximum atomic E-state index is 12.4. The Kier molecular flexibility index (Phi) is 6.92. The van der Waals surface area contributed by atoms with Gasteiger partial charge in [0.2, 0.25) is 5.91 Å². The number of carbonyl (C=O) groups excluding carboxylic acids is 2. The summed E-state index contributed by atoms with van der Waals surface area (Å²) >= 11 is 0. The van der Waals surface area contributed by atoms with E-state index in [4.69, 9.17) is 4.74 Å². The molecular weight excluding hydrogens is 328 g/mol. The number of benzene rings is 1. The molecule has 1 saturated heterocycles. The van der Waals surface area contributed by atoms with Crippen molar-refractivity contribution in [3.63, 3.8) is 0 Å². The summed E-state index contributed by atoms with van der Waals surface area (Å²) in [6.07, 6.45) is 9.49. The summed E-state index contributed by atoms with van der Waals surface area (Å²) in [7, 11) is 0. The lowest BCUT2D eigenvalue weighted by molar-refractivity contribution is -0.132. The zero-order valence-electron chi connectivity index (χ0n) is 15.5. The van der Waals surface area contributed by atoms with Crippen LogP contribution >= 0.6 is 0 Å². The number of nitrogens with zero attached hydrogens (tertiary/aromatic N) is 1. The molecule has 1 aliphatic carbocycles. The predicted molar refractivity (Wildman–Crippen MR) is 101 cm³/mol. The van der Waals surface area contributed by atoms with Crippen molar-refractivity contribution in [2.75, 3.05) is 13.1 Å². The molecule has 1 aromatic rings. The molecule has 2 fully saturated rings. The Morgan fingerprint density at radius 3 is 2.38 bits per heavy atom. The first-order valence-electron chi connectivity index (χ1n) is 10.0. The first-order chi connectivity index (χ1) is 12.7. The Morgan fingerprint density at radius 1 is 1.00 bits per heavy atom. The highest BCUT2D eigenvalue weighted by atomic mass is 16.6. The van der Waals surface area contributed by atoms with Gasteiger partial charge in [-0.2, -0.15) is 0 Å². The van der Waals surface area contributed by atoms with Crippen LogP contribution in [0.4, 0.5) is 4.79 Å². The zero-order chi connectivity index (χ0) is 18.2. The van der Waals surface area contributed by atoms with Crippen molar-refractivity contribution in [2.45, 2.75) is 63.8 Å². The van der Waals surface area contributed by atoms with E-state index in [1.807, 2.05) is 23.1 Å². The Hall–Kier alpha value is -2.04. The van der Waals surface area contributed by atoms with Crippen molar-refractivity contribution in [2.24, 2.45) is 5.92 Å². The first-order valence-corrected chi connectivity index (χ1v) is 10.0. The van der Waals surface area contributed by atoms with Crippen molar-refractivity contribution in [1.29, 1.82) is 0 Å². The van der Waals surface area contributed by atoms with Crippen LogP contribution in [0.3, 0.4) is 0 Å². The van der Waals surface area contributed by atoms with E-state index in [0.29, 0.717) is 12.2 Å². The predicted octanol–water partition coefficient (Wildman–Crippen LogP) is 4.13. The van der Waals surface area contributed by atoms with Gasteiger partial charge in [-0.3, -0.25) is 4.79 Å². The van der Waals surface area contributed by atoms with Crippen molar-refractivity contribution >= 4 is 12.0 Å².